The molecule has 1 aromatic rings. The molecule has 0 aromatic carbocycles. The first kappa shape index (κ1) is 7.68. The summed E-state index contributed by atoms with van der Waals surface area (Å²) in [5, 5.41) is 0. The lowest BCUT2D eigenvalue weighted by Crippen LogP contribution is -2.23. The highest BCUT2D eigenvalue weighted by Gasteiger charge is 2.50. The van der Waals surface area contributed by atoms with Gasteiger partial charge in [0.2, 0.25) is 0 Å². The number of hydrogen-bond acceptors (Lipinski definition) is 3. The molecule has 2 rings (SSSR count). The van der Waals surface area contributed by atoms with Crippen LogP contribution in [-0.2, 0) is 5.54 Å². The SMILES string of the molecule is Cc1nccc(C2(N)CC2C)n1. The molecular weight excluding hydrogens is 150 g/mol. The van der Waals surface area contributed by atoms with E-state index < -0.39 is 0 Å². The van der Waals surface area contributed by atoms with Gasteiger partial charge >= 0.3 is 0 Å². The lowest BCUT2D eigenvalue weighted by atomic mass is 10.1. The average molecular weight is 163 g/mol. The average Bonchev–Trinajstić information content (AvgIpc) is 2.61. The van der Waals surface area contributed by atoms with Crippen molar-refractivity contribution in [2.75, 3.05) is 0 Å². The first-order chi connectivity index (χ1) is 5.63. The van der Waals surface area contributed by atoms with Crippen LogP contribution < -0.4 is 5.73 Å². The van der Waals surface area contributed by atoms with Crippen molar-refractivity contribution in [3.63, 3.8) is 0 Å². The Hall–Kier alpha value is -0.960. The minimum atomic E-state index is -0.159. The molecule has 0 aliphatic heterocycles. The molecule has 1 heterocycles. The molecule has 0 amide bonds. The summed E-state index contributed by atoms with van der Waals surface area (Å²) in [7, 11) is 0. The molecule has 0 bridgehead atoms. The van der Waals surface area contributed by atoms with E-state index in [2.05, 4.69) is 16.9 Å². The van der Waals surface area contributed by atoms with Crippen LogP contribution in [0.15, 0.2) is 12.3 Å². The van der Waals surface area contributed by atoms with Crippen molar-refractivity contribution in [3.05, 3.63) is 23.8 Å². The van der Waals surface area contributed by atoms with Crippen LogP contribution in [0.25, 0.3) is 0 Å². The molecule has 3 nitrogen and oxygen atoms in total. The molecule has 2 atom stereocenters. The molecule has 12 heavy (non-hydrogen) atoms. The second kappa shape index (κ2) is 2.26. The van der Waals surface area contributed by atoms with E-state index >= 15 is 0 Å². The van der Waals surface area contributed by atoms with E-state index in [9.17, 15) is 0 Å². The van der Waals surface area contributed by atoms with Gasteiger partial charge in [-0.3, -0.25) is 0 Å². The summed E-state index contributed by atoms with van der Waals surface area (Å²) in [5.74, 6) is 1.36. The number of nitrogens with two attached hydrogens (primary N) is 1. The smallest absolute Gasteiger partial charge is 0.125 e. The minimum absolute atomic E-state index is 0.159. The Balaban J connectivity index is 2.36. The van der Waals surface area contributed by atoms with Crippen LogP contribution in [0.2, 0.25) is 0 Å². The van der Waals surface area contributed by atoms with E-state index in [4.69, 9.17) is 5.73 Å². The monoisotopic (exact) mass is 163 g/mol. The maximum atomic E-state index is 6.09. The summed E-state index contributed by atoms with van der Waals surface area (Å²) >= 11 is 0. The molecule has 3 heteroatoms. The fourth-order valence-electron chi connectivity index (χ4n) is 1.52. The van der Waals surface area contributed by atoms with Gasteiger partial charge in [-0.15, -0.1) is 0 Å². The summed E-state index contributed by atoms with van der Waals surface area (Å²) < 4.78 is 0. The molecule has 64 valence electrons. The third-order valence-corrected chi connectivity index (χ3v) is 2.62. The molecule has 0 spiro atoms. The maximum absolute atomic E-state index is 6.09. The maximum Gasteiger partial charge on any atom is 0.125 e. The third-order valence-electron chi connectivity index (χ3n) is 2.62. The van der Waals surface area contributed by atoms with Crippen molar-refractivity contribution in [1.29, 1.82) is 0 Å². The van der Waals surface area contributed by atoms with E-state index in [0.29, 0.717) is 5.92 Å². The zero-order chi connectivity index (χ0) is 8.77. The van der Waals surface area contributed by atoms with Gasteiger partial charge in [0.05, 0.1) is 11.2 Å². The van der Waals surface area contributed by atoms with Crippen molar-refractivity contribution < 1.29 is 0 Å². The summed E-state index contributed by atoms with van der Waals surface area (Å²) in [6.45, 7) is 4.04. The molecule has 0 radical (unpaired) electrons. The number of aryl methyl sites for hydroxylation is 1. The molecule has 1 aromatic heterocycles. The molecule has 1 saturated carbocycles. The van der Waals surface area contributed by atoms with Crippen LogP contribution in [0.5, 0.6) is 0 Å². The molecule has 1 aliphatic carbocycles. The van der Waals surface area contributed by atoms with Gasteiger partial charge in [-0.25, -0.2) is 9.97 Å². The quantitative estimate of drug-likeness (QED) is 0.671. The predicted molar refractivity (Wildman–Crippen MR) is 46.4 cm³/mol. The fourth-order valence-corrected chi connectivity index (χ4v) is 1.52. The summed E-state index contributed by atoms with van der Waals surface area (Å²) in [6.07, 6.45) is 2.82. The van der Waals surface area contributed by atoms with E-state index in [1.54, 1.807) is 6.20 Å². The standard InChI is InChI=1S/C9H13N3/c1-6-5-9(6,10)8-3-4-11-7(2)12-8/h3-4,6H,5,10H2,1-2H3. The highest BCUT2D eigenvalue weighted by Crippen LogP contribution is 2.48. The minimum Gasteiger partial charge on any atom is -0.320 e. The van der Waals surface area contributed by atoms with Crippen molar-refractivity contribution in [1.82, 2.24) is 9.97 Å². The van der Waals surface area contributed by atoms with E-state index in [1.165, 1.54) is 0 Å². The highest BCUT2D eigenvalue weighted by molar-refractivity contribution is 5.23. The van der Waals surface area contributed by atoms with Gasteiger partial charge < -0.3 is 5.73 Å². The van der Waals surface area contributed by atoms with Crippen LogP contribution in [-0.4, -0.2) is 9.97 Å². The Morgan fingerprint density at radius 1 is 1.67 bits per heavy atom. The molecule has 0 saturated heterocycles. The predicted octanol–water partition coefficient (Wildman–Crippen LogP) is 0.979. The zero-order valence-electron chi connectivity index (χ0n) is 7.41. The Bertz CT molecular complexity index is 310. The number of aromatic nitrogens is 2. The van der Waals surface area contributed by atoms with Crippen LogP contribution in [0.3, 0.4) is 0 Å². The van der Waals surface area contributed by atoms with Crippen molar-refractivity contribution in [2.45, 2.75) is 25.8 Å². The van der Waals surface area contributed by atoms with Crippen LogP contribution in [0.4, 0.5) is 0 Å². The van der Waals surface area contributed by atoms with Gasteiger partial charge in [0.15, 0.2) is 0 Å². The second-order valence-electron chi connectivity index (χ2n) is 3.63. The Labute approximate surface area is 72.0 Å². The van der Waals surface area contributed by atoms with Crippen molar-refractivity contribution in [3.8, 4) is 0 Å². The van der Waals surface area contributed by atoms with Gasteiger partial charge in [-0.2, -0.15) is 0 Å². The highest BCUT2D eigenvalue weighted by atomic mass is 15.0. The van der Waals surface area contributed by atoms with Gasteiger partial charge in [0.1, 0.15) is 5.82 Å². The van der Waals surface area contributed by atoms with E-state index in [1.807, 2.05) is 13.0 Å². The van der Waals surface area contributed by atoms with Gasteiger partial charge in [-0.05, 0) is 25.3 Å². The molecule has 2 unspecified atom stereocenters. The fraction of sp³-hybridized carbons (Fsp3) is 0.556. The largest absolute Gasteiger partial charge is 0.320 e. The first-order valence-corrected chi connectivity index (χ1v) is 4.22. The normalized spacial score (nSPS) is 33.4. The number of nitrogens with zero attached hydrogens (tertiary/aromatic N) is 2. The van der Waals surface area contributed by atoms with Crippen LogP contribution in [0, 0.1) is 12.8 Å². The number of hydrogen-bond donors (Lipinski definition) is 1. The zero-order valence-corrected chi connectivity index (χ0v) is 7.41. The lowest BCUT2D eigenvalue weighted by Gasteiger charge is -2.08. The van der Waals surface area contributed by atoms with Gasteiger partial charge in [0, 0.05) is 6.20 Å². The van der Waals surface area contributed by atoms with Crippen molar-refractivity contribution >= 4 is 0 Å². The van der Waals surface area contributed by atoms with Gasteiger partial charge in [0.25, 0.3) is 0 Å². The Morgan fingerprint density at radius 2 is 2.33 bits per heavy atom. The van der Waals surface area contributed by atoms with Crippen molar-refractivity contribution in [2.24, 2.45) is 11.7 Å². The third kappa shape index (κ3) is 1.01. The molecule has 2 N–H and O–H groups in total. The van der Waals surface area contributed by atoms with Crippen LogP contribution >= 0.6 is 0 Å². The Kier molecular flexibility index (Phi) is 1.45. The van der Waals surface area contributed by atoms with Crippen LogP contribution in [0.1, 0.15) is 24.9 Å². The topological polar surface area (TPSA) is 51.8 Å². The summed E-state index contributed by atoms with van der Waals surface area (Å²) in [6, 6.07) is 1.91. The molecular formula is C9H13N3. The van der Waals surface area contributed by atoms with E-state index in [0.717, 1.165) is 17.9 Å². The first-order valence-electron chi connectivity index (χ1n) is 4.22. The van der Waals surface area contributed by atoms with Gasteiger partial charge in [-0.1, -0.05) is 6.92 Å². The molecule has 1 aliphatic rings. The Morgan fingerprint density at radius 3 is 2.83 bits per heavy atom. The second-order valence-corrected chi connectivity index (χ2v) is 3.63. The number of rotatable bonds is 1. The lowest BCUT2D eigenvalue weighted by molar-refractivity contribution is 0.635. The molecule has 1 fully saturated rings. The summed E-state index contributed by atoms with van der Waals surface area (Å²) in [4.78, 5) is 8.36. The summed E-state index contributed by atoms with van der Waals surface area (Å²) in [5.41, 5.74) is 6.92. The van der Waals surface area contributed by atoms with E-state index in [-0.39, 0.29) is 5.54 Å².